The quantitative estimate of drug-likeness (QED) is 0.850. The fraction of sp³-hybridized carbons (Fsp3) is 0.133. The third-order valence-electron chi connectivity index (χ3n) is 2.77. The van der Waals surface area contributed by atoms with Crippen LogP contribution in [0.2, 0.25) is 5.02 Å². The zero-order valence-electron chi connectivity index (χ0n) is 11.0. The molecule has 104 valence electrons. The Hall–Kier alpha value is -2.20. The summed E-state index contributed by atoms with van der Waals surface area (Å²) in [5.74, 6) is 0.575. The van der Waals surface area contributed by atoms with Crippen LogP contribution in [0.25, 0.3) is 0 Å². The van der Waals surface area contributed by atoms with Crippen LogP contribution >= 0.6 is 11.6 Å². The van der Waals surface area contributed by atoms with Gasteiger partial charge in [0.05, 0.1) is 24.2 Å². The highest BCUT2D eigenvalue weighted by atomic mass is 35.5. The van der Waals surface area contributed by atoms with Crippen LogP contribution in [0.15, 0.2) is 42.5 Å². The number of amides is 1. The summed E-state index contributed by atoms with van der Waals surface area (Å²) in [5.41, 5.74) is 7.58. The van der Waals surface area contributed by atoms with Gasteiger partial charge in [-0.1, -0.05) is 23.7 Å². The molecular weight excluding hydrogens is 276 g/mol. The second kappa shape index (κ2) is 6.30. The van der Waals surface area contributed by atoms with Crippen LogP contribution < -0.4 is 15.8 Å². The van der Waals surface area contributed by atoms with Crippen molar-refractivity contribution in [2.45, 2.75) is 6.42 Å². The summed E-state index contributed by atoms with van der Waals surface area (Å²) in [6.07, 6.45) is 0.248. The van der Waals surface area contributed by atoms with E-state index in [0.29, 0.717) is 16.4 Å². The number of hydrogen-bond acceptors (Lipinski definition) is 3. The van der Waals surface area contributed by atoms with E-state index in [0.717, 1.165) is 11.3 Å². The van der Waals surface area contributed by atoms with E-state index in [2.05, 4.69) is 5.32 Å². The van der Waals surface area contributed by atoms with Crippen molar-refractivity contribution in [3.8, 4) is 5.75 Å². The molecule has 20 heavy (non-hydrogen) atoms. The van der Waals surface area contributed by atoms with Gasteiger partial charge in [-0.3, -0.25) is 4.79 Å². The lowest BCUT2D eigenvalue weighted by atomic mass is 10.1. The van der Waals surface area contributed by atoms with E-state index in [1.807, 2.05) is 24.3 Å². The molecular formula is C15H15ClN2O2. The molecule has 0 aliphatic carbocycles. The zero-order chi connectivity index (χ0) is 14.5. The molecule has 0 radical (unpaired) electrons. The van der Waals surface area contributed by atoms with Gasteiger partial charge in [0, 0.05) is 5.69 Å². The van der Waals surface area contributed by atoms with E-state index in [-0.39, 0.29) is 12.3 Å². The van der Waals surface area contributed by atoms with Gasteiger partial charge in [-0.05, 0) is 35.9 Å². The lowest BCUT2D eigenvalue weighted by Gasteiger charge is -2.08. The summed E-state index contributed by atoms with van der Waals surface area (Å²) in [7, 11) is 1.59. The van der Waals surface area contributed by atoms with Crippen molar-refractivity contribution >= 4 is 28.9 Å². The van der Waals surface area contributed by atoms with Crippen LogP contribution in [-0.4, -0.2) is 13.0 Å². The third-order valence-corrected chi connectivity index (χ3v) is 3.08. The maximum Gasteiger partial charge on any atom is 0.228 e. The summed E-state index contributed by atoms with van der Waals surface area (Å²) in [5, 5.41) is 3.18. The van der Waals surface area contributed by atoms with Crippen molar-refractivity contribution in [3.63, 3.8) is 0 Å². The zero-order valence-corrected chi connectivity index (χ0v) is 11.8. The number of benzene rings is 2. The van der Waals surface area contributed by atoms with Crippen LogP contribution in [0.1, 0.15) is 5.56 Å². The standard InChI is InChI=1S/C15H15ClN2O2/c1-20-12-4-2-3-10(7-12)8-15(19)18-14-6-5-11(17)9-13(14)16/h2-7,9H,8,17H2,1H3,(H,18,19). The van der Waals surface area contributed by atoms with Crippen molar-refractivity contribution < 1.29 is 9.53 Å². The minimum absolute atomic E-state index is 0.148. The molecule has 0 spiro atoms. The molecule has 3 N–H and O–H groups in total. The van der Waals surface area contributed by atoms with Crippen molar-refractivity contribution in [1.29, 1.82) is 0 Å². The van der Waals surface area contributed by atoms with Crippen molar-refractivity contribution in [3.05, 3.63) is 53.1 Å². The topological polar surface area (TPSA) is 64.3 Å². The number of nitrogens with one attached hydrogen (secondary N) is 1. The molecule has 1 amide bonds. The maximum absolute atomic E-state index is 12.0. The Kier molecular flexibility index (Phi) is 4.48. The van der Waals surface area contributed by atoms with Crippen LogP contribution in [-0.2, 0) is 11.2 Å². The molecule has 0 saturated carbocycles. The third kappa shape index (κ3) is 3.65. The molecule has 0 bridgehead atoms. The molecule has 0 saturated heterocycles. The van der Waals surface area contributed by atoms with Gasteiger partial charge in [-0.25, -0.2) is 0 Å². The second-order valence-corrected chi connectivity index (χ2v) is 4.72. The number of methoxy groups -OCH3 is 1. The average molecular weight is 291 g/mol. The van der Waals surface area contributed by atoms with Gasteiger partial charge in [-0.15, -0.1) is 0 Å². The SMILES string of the molecule is COc1cccc(CC(=O)Nc2ccc(N)cc2Cl)c1. The van der Waals surface area contributed by atoms with Gasteiger partial charge in [0.1, 0.15) is 5.75 Å². The van der Waals surface area contributed by atoms with Gasteiger partial charge in [0.25, 0.3) is 0 Å². The molecule has 0 fully saturated rings. The Labute approximate surface area is 122 Å². The largest absolute Gasteiger partial charge is 0.497 e. The monoisotopic (exact) mass is 290 g/mol. The van der Waals surface area contributed by atoms with Crippen molar-refractivity contribution in [1.82, 2.24) is 0 Å². The highest BCUT2D eigenvalue weighted by Gasteiger charge is 2.07. The van der Waals surface area contributed by atoms with Gasteiger partial charge in [-0.2, -0.15) is 0 Å². The first kappa shape index (κ1) is 14.2. The minimum atomic E-state index is -0.148. The lowest BCUT2D eigenvalue weighted by Crippen LogP contribution is -2.14. The molecule has 4 nitrogen and oxygen atoms in total. The molecule has 0 atom stereocenters. The molecule has 2 aromatic carbocycles. The van der Waals surface area contributed by atoms with Gasteiger partial charge in [0.2, 0.25) is 5.91 Å². The second-order valence-electron chi connectivity index (χ2n) is 4.32. The van der Waals surface area contributed by atoms with Gasteiger partial charge in [0.15, 0.2) is 0 Å². The first-order valence-corrected chi connectivity index (χ1v) is 6.44. The van der Waals surface area contributed by atoms with E-state index in [1.165, 1.54) is 0 Å². The van der Waals surface area contributed by atoms with E-state index < -0.39 is 0 Å². The van der Waals surface area contributed by atoms with E-state index in [9.17, 15) is 4.79 Å². The van der Waals surface area contributed by atoms with E-state index >= 15 is 0 Å². The first-order chi connectivity index (χ1) is 9.58. The lowest BCUT2D eigenvalue weighted by molar-refractivity contribution is -0.115. The molecule has 2 aromatic rings. The fourth-order valence-electron chi connectivity index (χ4n) is 1.79. The van der Waals surface area contributed by atoms with Gasteiger partial charge >= 0.3 is 0 Å². The predicted octanol–water partition coefficient (Wildman–Crippen LogP) is 3.11. The predicted molar refractivity (Wildman–Crippen MR) is 81.2 cm³/mol. The van der Waals surface area contributed by atoms with Gasteiger partial charge < -0.3 is 15.8 Å². The number of rotatable bonds is 4. The molecule has 2 rings (SSSR count). The Morgan fingerprint density at radius 1 is 1.30 bits per heavy atom. The molecule has 0 aromatic heterocycles. The number of anilines is 2. The fourth-order valence-corrected chi connectivity index (χ4v) is 2.03. The Morgan fingerprint density at radius 2 is 2.10 bits per heavy atom. The Morgan fingerprint density at radius 3 is 2.80 bits per heavy atom. The molecule has 0 heterocycles. The summed E-state index contributed by atoms with van der Waals surface area (Å²) < 4.78 is 5.12. The number of nitrogens with two attached hydrogens (primary N) is 1. The molecule has 5 heteroatoms. The molecule has 0 unspecified atom stereocenters. The van der Waals surface area contributed by atoms with Crippen LogP contribution in [0.4, 0.5) is 11.4 Å². The van der Waals surface area contributed by atoms with Crippen LogP contribution in [0.3, 0.4) is 0 Å². The molecule has 0 aliphatic rings. The summed E-state index contributed by atoms with van der Waals surface area (Å²) in [6.45, 7) is 0. The molecule has 0 aliphatic heterocycles. The number of nitrogen functional groups attached to an aromatic ring is 1. The smallest absolute Gasteiger partial charge is 0.228 e. The highest BCUT2D eigenvalue weighted by Crippen LogP contribution is 2.24. The summed E-state index contributed by atoms with van der Waals surface area (Å²) in [4.78, 5) is 12.0. The van der Waals surface area contributed by atoms with E-state index in [1.54, 1.807) is 25.3 Å². The maximum atomic E-state index is 12.0. The van der Waals surface area contributed by atoms with E-state index in [4.69, 9.17) is 22.1 Å². The van der Waals surface area contributed by atoms with Crippen LogP contribution in [0.5, 0.6) is 5.75 Å². The number of carbonyl (C=O) groups excluding carboxylic acids is 1. The number of hydrogen-bond donors (Lipinski definition) is 2. The van der Waals surface area contributed by atoms with Crippen molar-refractivity contribution in [2.24, 2.45) is 0 Å². The Bertz CT molecular complexity index is 629. The number of carbonyl (C=O) groups is 1. The normalized spacial score (nSPS) is 10.1. The summed E-state index contributed by atoms with van der Waals surface area (Å²) in [6, 6.07) is 12.3. The average Bonchev–Trinajstić information content (AvgIpc) is 2.42. The summed E-state index contributed by atoms with van der Waals surface area (Å²) >= 11 is 6.01. The highest BCUT2D eigenvalue weighted by molar-refractivity contribution is 6.34. The first-order valence-electron chi connectivity index (χ1n) is 6.06. The van der Waals surface area contributed by atoms with Crippen molar-refractivity contribution in [2.75, 3.05) is 18.2 Å². The number of ether oxygens (including phenoxy) is 1. The van der Waals surface area contributed by atoms with Crippen LogP contribution in [0, 0.1) is 0 Å². The minimum Gasteiger partial charge on any atom is -0.497 e. The Balaban J connectivity index is 2.05. The number of halogens is 1.